The second-order valence-corrected chi connectivity index (χ2v) is 14.5. The lowest BCUT2D eigenvalue weighted by atomic mass is 9.93. The lowest BCUT2D eigenvalue weighted by Crippen LogP contribution is -2.35. The maximum atomic E-state index is 12.4. The smallest absolute Gasteiger partial charge is 0.443 e. The SMILES string of the molecule is CC(C)=CC1C(C(=O)OCN2C(=O)C3=C(CCCC3)C2=O)C1(C)C.CS/C(C)=N\OC(=O)N(C)SN(C)C(=O)O/N=C(/C)SC. The van der Waals surface area contributed by atoms with E-state index in [0.29, 0.717) is 34.1 Å². The van der Waals surface area contributed by atoms with Crippen molar-refractivity contribution in [1.82, 2.24) is 13.5 Å². The standard InChI is InChI=1S/C19H25NO4.C10H18N4O4S3/c1-11(2)9-14-15(19(14,3)4)18(23)24-10-20-16(21)12-7-5-6-8-13(12)17(20)22;1-7(19-5)11-17-9(15)13(3)21-14(4)10(16)18-12-8(2)20-6/h9,14-15H,5-8,10H2,1-4H3;1-6H3/b;11-7-,12-8-. The number of hydrogen-bond donors (Lipinski definition) is 0. The molecule has 0 N–H and O–H groups in total. The van der Waals surface area contributed by atoms with Gasteiger partial charge in [-0.1, -0.05) is 35.8 Å². The largest absolute Gasteiger partial charge is 0.447 e. The molecule has 0 bridgehead atoms. The van der Waals surface area contributed by atoms with Gasteiger partial charge in [0, 0.05) is 25.2 Å². The van der Waals surface area contributed by atoms with E-state index in [2.05, 4.69) is 26.1 Å². The molecular weight excluding hydrogens is 643 g/mol. The third kappa shape index (κ3) is 10.5. The maximum Gasteiger partial charge on any atom is 0.447 e. The zero-order valence-corrected chi connectivity index (χ0v) is 29.9. The summed E-state index contributed by atoms with van der Waals surface area (Å²) in [5.41, 5.74) is 2.28. The van der Waals surface area contributed by atoms with Crippen LogP contribution in [-0.4, -0.2) is 86.9 Å². The molecule has 4 amide bonds. The Morgan fingerprint density at radius 3 is 1.73 bits per heavy atom. The van der Waals surface area contributed by atoms with Crippen molar-refractivity contribution in [3.63, 3.8) is 0 Å². The second-order valence-electron chi connectivity index (χ2n) is 11.3. The number of esters is 1. The minimum absolute atomic E-state index is 0.134. The molecule has 0 radical (unpaired) electrons. The Labute approximate surface area is 277 Å². The van der Waals surface area contributed by atoms with Crippen molar-refractivity contribution in [3.05, 3.63) is 22.8 Å². The first kappa shape index (κ1) is 38.2. The minimum Gasteiger partial charge on any atom is -0.443 e. The molecular formula is C29H43N5O8S3. The number of hydrogen-bond acceptors (Lipinski definition) is 13. The van der Waals surface area contributed by atoms with E-state index in [0.717, 1.165) is 38.5 Å². The summed E-state index contributed by atoms with van der Waals surface area (Å²) >= 11 is 3.51. The van der Waals surface area contributed by atoms with Gasteiger partial charge in [0.2, 0.25) is 0 Å². The molecule has 1 heterocycles. The highest BCUT2D eigenvalue weighted by Crippen LogP contribution is 2.59. The van der Waals surface area contributed by atoms with Crippen molar-refractivity contribution >= 4 is 75.7 Å². The number of ether oxygens (including phenoxy) is 1. The highest BCUT2D eigenvalue weighted by atomic mass is 32.2. The monoisotopic (exact) mass is 685 g/mol. The predicted octanol–water partition coefficient (Wildman–Crippen LogP) is 6.04. The van der Waals surface area contributed by atoms with E-state index in [9.17, 15) is 24.0 Å². The molecule has 0 aromatic carbocycles. The van der Waals surface area contributed by atoms with Gasteiger partial charge in [-0.05, 0) is 77.2 Å². The Morgan fingerprint density at radius 2 is 1.33 bits per heavy atom. The van der Waals surface area contributed by atoms with Gasteiger partial charge in [-0.25, -0.2) is 23.1 Å². The number of carbonyl (C=O) groups is 5. The van der Waals surface area contributed by atoms with Gasteiger partial charge in [-0.2, -0.15) is 0 Å². The molecule has 13 nitrogen and oxygen atoms in total. The zero-order valence-electron chi connectivity index (χ0n) is 27.5. The summed E-state index contributed by atoms with van der Waals surface area (Å²) in [6, 6.07) is 0. The summed E-state index contributed by atoms with van der Waals surface area (Å²) in [4.78, 5) is 70.7. The topological polar surface area (TPSA) is 147 Å². The molecule has 2 atom stereocenters. The maximum absolute atomic E-state index is 12.4. The summed E-state index contributed by atoms with van der Waals surface area (Å²) in [6.07, 6.45) is 7.48. The first-order valence-corrected chi connectivity index (χ1v) is 17.4. The van der Waals surface area contributed by atoms with Crippen molar-refractivity contribution in [2.24, 2.45) is 27.6 Å². The molecule has 250 valence electrons. The average molecular weight is 686 g/mol. The van der Waals surface area contributed by atoms with Crippen LogP contribution in [0.2, 0.25) is 0 Å². The second kappa shape index (κ2) is 17.1. The van der Waals surface area contributed by atoms with Gasteiger partial charge in [0.1, 0.15) is 10.1 Å². The highest BCUT2D eigenvalue weighted by Gasteiger charge is 2.61. The summed E-state index contributed by atoms with van der Waals surface area (Å²) in [5.74, 6) is -0.932. The van der Waals surface area contributed by atoms with Gasteiger partial charge in [0.25, 0.3) is 11.8 Å². The molecule has 0 spiro atoms. The number of allylic oxidation sites excluding steroid dienone is 2. The highest BCUT2D eigenvalue weighted by molar-refractivity contribution is 8.13. The first-order chi connectivity index (χ1) is 21.1. The normalized spacial score (nSPS) is 20.4. The number of nitrogens with zero attached hydrogens (tertiary/aromatic N) is 5. The van der Waals surface area contributed by atoms with E-state index in [1.54, 1.807) is 13.8 Å². The summed E-state index contributed by atoms with van der Waals surface area (Å²) in [7, 11) is 2.88. The number of thioether (sulfide) groups is 2. The first-order valence-electron chi connectivity index (χ1n) is 14.2. The Bertz CT molecular complexity index is 1230. The van der Waals surface area contributed by atoms with Crippen LogP contribution in [0.5, 0.6) is 0 Å². The molecule has 1 aliphatic heterocycles. The third-order valence-corrected chi connectivity index (χ3v) is 9.46. The van der Waals surface area contributed by atoms with E-state index < -0.39 is 12.2 Å². The Kier molecular flexibility index (Phi) is 14.5. The molecule has 16 heteroatoms. The Hall–Kier alpha value is -2.98. The van der Waals surface area contributed by atoms with Crippen LogP contribution in [0.4, 0.5) is 9.59 Å². The Balaban J connectivity index is 0.000000318. The quantitative estimate of drug-likeness (QED) is 0.0430. The van der Waals surface area contributed by atoms with Crippen molar-refractivity contribution in [3.8, 4) is 0 Å². The molecule has 3 aliphatic rings. The summed E-state index contributed by atoms with van der Waals surface area (Å²) < 4.78 is 7.54. The van der Waals surface area contributed by atoms with E-state index in [4.69, 9.17) is 4.74 Å². The van der Waals surface area contributed by atoms with Crippen LogP contribution in [0.1, 0.15) is 67.2 Å². The predicted molar refractivity (Wildman–Crippen MR) is 178 cm³/mol. The fourth-order valence-corrected chi connectivity index (χ4v) is 5.37. The van der Waals surface area contributed by atoms with Crippen LogP contribution in [0.25, 0.3) is 0 Å². The molecule has 1 saturated carbocycles. The lowest BCUT2D eigenvalue weighted by molar-refractivity contribution is -0.156. The van der Waals surface area contributed by atoms with Crippen LogP contribution < -0.4 is 0 Å². The molecule has 0 aromatic rings. The van der Waals surface area contributed by atoms with Crippen LogP contribution in [0.15, 0.2) is 33.1 Å². The molecule has 3 rings (SSSR count). The third-order valence-electron chi connectivity index (χ3n) is 7.34. The molecule has 2 aliphatic carbocycles. The van der Waals surface area contributed by atoms with Crippen molar-refractivity contribution in [2.75, 3.05) is 33.3 Å². The van der Waals surface area contributed by atoms with Crippen molar-refractivity contribution in [2.45, 2.75) is 67.2 Å². The summed E-state index contributed by atoms with van der Waals surface area (Å²) in [6.45, 7) is 11.2. The van der Waals surface area contributed by atoms with Crippen LogP contribution in [0, 0.1) is 17.3 Å². The molecule has 1 fully saturated rings. The van der Waals surface area contributed by atoms with Gasteiger partial charge in [0.05, 0.1) is 18.1 Å². The number of imide groups is 1. The van der Waals surface area contributed by atoms with Crippen LogP contribution >= 0.6 is 35.7 Å². The zero-order chi connectivity index (χ0) is 34.1. The average Bonchev–Trinajstić information content (AvgIpc) is 3.45. The molecule has 45 heavy (non-hydrogen) atoms. The number of carbonyl (C=O) groups excluding carboxylic acids is 5. The van der Waals surface area contributed by atoms with Crippen molar-refractivity contribution in [1.29, 1.82) is 0 Å². The minimum atomic E-state index is -0.711. The van der Waals surface area contributed by atoms with Crippen molar-refractivity contribution < 1.29 is 38.4 Å². The van der Waals surface area contributed by atoms with E-state index in [1.165, 1.54) is 43.2 Å². The fraction of sp³-hybridized carbons (Fsp3) is 0.621. The van der Waals surface area contributed by atoms with Gasteiger partial charge >= 0.3 is 18.2 Å². The van der Waals surface area contributed by atoms with Gasteiger partial charge < -0.3 is 4.74 Å². The van der Waals surface area contributed by atoms with Gasteiger partial charge in [-0.15, -0.1) is 23.5 Å². The van der Waals surface area contributed by atoms with Crippen LogP contribution in [0.3, 0.4) is 0 Å². The number of amides is 4. The van der Waals surface area contributed by atoms with E-state index in [-0.39, 0.29) is 41.8 Å². The summed E-state index contributed by atoms with van der Waals surface area (Å²) in [5, 5.41) is 8.42. The molecule has 2 unspecified atom stereocenters. The van der Waals surface area contributed by atoms with E-state index >= 15 is 0 Å². The number of rotatable bonds is 8. The van der Waals surface area contributed by atoms with Gasteiger partial charge in [0.15, 0.2) is 6.73 Å². The molecule has 0 aromatic heterocycles. The molecule has 0 saturated heterocycles. The fourth-order valence-electron chi connectivity index (χ4n) is 4.58. The lowest BCUT2D eigenvalue weighted by Gasteiger charge is -2.19. The van der Waals surface area contributed by atoms with Crippen LogP contribution in [-0.2, 0) is 28.8 Å². The number of oxime groups is 2. The van der Waals surface area contributed by atoms with Gasteiger partial charge in [-0.3, -0.25) is 24.1 Å². The van der Waals surface area contributed by atoms with E-state index in [1.807, 2.05) is 40.2 Å². The Morgan fingerprint density at radius 1 is 0.889 bits per heavy atom.